The highest BCUT2D eigenvalue weighted by Crippen LogP contribution is 2.36. The molecule has 1 atom stereocenters. The first-order valence-corrected chi connectivity index (χ1v) is 9.13. The van der Waals surface area contributed by atoms with Gasteiger partial charge in [-0.15, -0.1) is 0 Å². The Hall–Kier alpha value is -3.04. The number of halogens is 1. The minimum absolute atomic E-state index is 0.0180. The highest BCUT2D eigenvalue weighted by atomic mass is 19.1. The fraction of sp³-hybridized carbons (Fsp3) is 0.500. The molecule has 0 radical (unpaired) electrons. The van der Waals surface area contributed by atoms with E-state index in [1.54, 1.807) is 11.9 Å². The summed E-state index contributed by atoms with van der Waals surface area (Å²) in [6.45, 7) is 3.73. The molecular formula is C18H22FN7O2. The number of ether oxygens (including phenoxy) is 1. The van der Waals surface area contributed by atoms with Crippen molar-refractivity contribution in [1.82, 2.24) is 19.9 Å². The molecule has 0 aromatic carbocycles. The number of hydrogen-bond donors (Lipinski definition) is 1. The number of nitrogens with zero attached hydrogens (tertiary/aromatic N) is 6. The molecule has 3 heterocycles. The van der Waals surface area contributed by atoms with E-state index < -0.39 is 5.82 Å². The van der Waals surface area contributed by atoms with Crippen LogP contribution < -0.4 is 19.9 Å². The average Bonchev–Trinajstić information content (AvgIpc) is 2.64. The van der Waals surface area contributed by atoms with Crippen LogP contribution in [0, 0.1) is 12.7 Å². The zero-order valence-corrected chi connectivity index (χ0v) is 16.2. The van der Waals surface area contributed by atoms with Gasteiger partial charge in [-0.1, -0.05) is 0 Å². The predicted molar refractivity (Wildman–Crippen MR) is 101 cm³/mol. The van der Waals surface area contributed by atoms with Crippen LogP contribution in [0.15, 0.2) is 12.4 Å². The van der Waals surface area contributed by atoms with Crippen LogP contribution in [-0.2, 0) is 4.79 Å². The van der Waals surface area contributed by atoms with Crippen LogP contribution in [0.4, 0.5) is 21.8 Å². The van der Waals surface area contributed by atoms with E-state index in [1.807, 2.05) is 25.8 Å². The molecule has 1 aliphatic heterocycles. The van der Waals surface area contributed by atoms with E-state index in [9.17, 15) is 9.18 Å². The molecule has 148 valence electrons. The van der Waals surface area contributed by atoms with Crippen molar-refractivity contribution >= 4 is 23.4 Å². The molecule has 9 nitrogen and oxygen atoms in total. The second-order valence-corrected chi connectivity index (χ2v) is 7.23. The molecule has 2 aromatic heterocycles. The normalized spacial score (nSPS) is 23.9. The van der Waals surface area contributed by atoms with Gasteiger partial charge in [0.2, 0.25) is 11.9 Å². The van der Waals surface area contributed by atoms with E-state index in [1.165, 1.54) is 0 Å². The summed E-state index contributed by atoms with van der Waals surface area (Å²) in [5.41, 5.74) is 1.48. The first-order valence-electron chi connectivity index (χ1n) is 9.13. The number of aromatic nitrogens is 4. The highest BCUT2D eigenvalue weighted by molar-refractivity contribution is 6.04. The summed E-state index contributed by atoms with van der Waals surface area (Å²) in [4.78, 5) is 32.6. The standard InChI is InChI=1S/C18H22FN7O2/c1-9-14-15(25(3)10(2)16(27)26(14)4)24-17(22-9)23-12-5-13(6-12)28-18-20-7-11(19)8-21-18/h7-8,10,12-13H,5-6H2,1-4H3,(H,22,23,24)/t10-,12-,13-/m0/s1. The Balaban J connectivity index is 1.42. The van der Waals surface area contributed by atoms with Gasteiger partial charge in [0.25, 0.3) is 0 Å². The number of nitrogens with one attached hydrogen (secondary N) is 1. The lowest BCUT2D eigenvalue weighted by Crippen LogP contribution is -2.50. The number of carbonyl (C=O) groups is 1. The zero-order chi connectivity index (χ0) is 20.0. The second kappa shape index (κ2) is 6.84. The van der Waals surface area contributed by atoms with Crippen molar-refractivity contribution in [3.63, 3.8) is 0 Å². The molecule has 0 unspecified atom stereocenters. The zero-order valence-electron chi connectivity index (χ0n) is 16.2. The Labute approximate surface area is 162 Å². The van der Waals surface area contributed by atoms with Crippen LogP contribution in [-0.4, -0.2) is 58.1 Å². The van der Waals surface area contributed by atoms with Crippen LogP contribution in [0.2, 0.25) is 0 Å². The fourth-order valence-electron chi connectivity index (χ4n) is 3.47. The molecule has 1 aliphatic carbocycles. The van der Waals surface area contributed by atoms with Gasteiger partial charge in [0, 0.05) is 33.0 Å². The smallest absolute Gasteiger partial charge is 0.316 e. The van der Waals surface area contributed by atoms with E-state index in [4.69, 9.17) is 4.74 Å². The largest absolute Gasteiger partial charge is 0.460 e. The van der Waals surface area contributed by atoms with Crippen molar-refractivity contribution in [2.45, 2.75) is 44.9 Å². The fourth-order valence-corrected chi connectivity index (χ4v) is 3.47. The van der Waals surface area contributed by atoms with Crippen molar-refractivity contribution in [3.05, 3.63) is 23.9 Å². The van der Waals surface area contributed by atoms with Crippen molar-refractivity contribution in [2.75, 3.05) is 29.2 Å². The summed E-state index contributed by atoms with van der Waals surface area (Å²) in [6.07, 6.45) is 3.61. The molecule has 0 bridgehead atoms. The molecule has 28 heavy (non-hydrogen) atoms. The van der Waals surface area contributed by atoms with Gasteiger partial charge in [0.1, 0.15) is 17.8 Å². The summed E-state index contributed by atoms with van der Waals surface area (Å²) in [7, 11) is 3.61. The van der Waals surface area contributed by atoms with Gasteiger partial charge >= 0.3 is 6.01 Å². The predicted octanol–water partition coefficient (Wildman–Crippen LogP) is 1.54. The molecule has 1 amide bonds. The number of amides is 1. The van der Waals surface area contributed by atoms with E-state index >= 15 is 0 Å². The Bertz CT molecular complexity index is 902. The molecule has 1 N–H and O–H groups in total. The maximum Gasteiger partial charge on any atom is 0.316 e. The lowest BCUT2D eigenvalue weighted by atomic mass is 9.89. The summed E-state index contributed by atoms with van der Waals surface area (Å²) in [5.74, 6) is 0.785. The van der Waals surface area contributed by atoms with Crippen LogP contribution in [0.3, 0.4) is 0 Å². The molecule has 2 aliphatic rings. The Kier molecular flexibility index (Phi) is 4.48. The van der Waals surface area contributed by atoms with Crippen molar-refractivity contribution in [3.8, 4) is 6.01 Å². The molecule has 0 saturated heterocycles. The molecule has 0 spiro atoms. The topological polar surface area (TPSA) is 96.4 Å². The lowest BCUT2D eigenvalue weighted by molar-refractivity contribution is -0.119. The second-order valence-electron chi connectivity index (χ2n) is 7.23. The van der Waals surface area contributed by atoms with E-state index in [0.29, 0.717) is 5.95 Å². The first kappa shape index (κ1) is 18.3. The Morgan fingerprint density at radius 3 is 2.57 bits per heavy atom. The van der Waals surface area contributed by atoms with Crippen LogP contribution in [0.5, 0.6) is 6.01 Å². The number of fused-ring (bicyclic) bond motifs is 1. The minimum Gasteiger partial charge on any atom is -0.460 e. The Morgan fingerprint density at radius 1 is 1.21 bits per heavy atom. The summed E-state index contributed by atoms with van der Waals surface area (Å²) in [5, 5.41) is 3.32. The molecular weight excluding hydrogens is 365 g/mol. The van der Waals surface area contributed by atoms with Crippen molar-refractivity contribution in [2.24, 2.45) is 0 Å². The maximum absolute atomic E-state index is 12.8. The summed E-state index contributed by atoms with van der Waals surface area (Å²) < 4.78 is 18.5. The maximum atomic E-state index is 12.8. The van der Waals surface area contributed by atoms with Gasteiger partial charge in [0.15, 0.2) is 11.6 Å². The van der Waals surface area contributed by atoms with Crippen molar-refractivity contribution < 1.29 is 13.9 Å². The monoisotopic (exact) mass is 387 g/mol. The van der Waals surface area contributed by atoms with Gasteiger partial charge in [-0.3, -0.25) is 4.79 Å². The number of aryl methyl sites for hydroxylation is 1. The summed E-state index contributed by atoms with van der Waals surface area (Å²) >= 11 is 0. The third kappa shape index (κ3) is 3.19. The van der Waals surface area contributed by atoms with Gasteiger partial charge in [-0.05, 0) is 13.8 Å². The molecule has 10 heteroatoms. The van der Waals surface area contributed by atoms with E-state index in [-0.39, 0.29) is 30.1 Å². The van der Waals surface area contributed by atoms with Gasteiger partial charge in [-0.25, -0.2) is 19.3 Å². The number of carbonyl (C=O) groups excluding carboxylic acids is 1. The number of anilines is 3. The Morgan fingerprint density at radius 2 is 1.89 bits per heavy atom. The summed E-state index contributed by atoms with van der Waals surface area (Å²) in [6, 6.07) is 0.0551. The van der Waals surface area contributed by atoms with Crippen LogP contribution >= 0.6 is 0 Å². The number of likely N-dealkylation sites (N-methyl/N-ethyl adjacent to an activating group) is 2. The van der Waals surface area contributed by atoms with Crippen molar-refractivity contribution in [1.29, 1.82) is 0 Å². The SMILES string of the molecule is Cc1nc(N[C@H]2C[C@H](Oc3ncc(F)cn3)C2)nc2c1N(C)C(=O)[C@H](C)N2C. The third-order valence-electron chi connectivity index (χ3n) is 5.28. The highest BCUT2D eigenvalue weighted by Gasteiger charge is 2.36. The van der Waals surface area contributed by atoms with Gasteiger partial charge in [-0.2, -0.15) is 4.98 Å². The number of rotatable bonds is 4. The average molecular weight is 387 g/mol. The first-order chi connectivity index (χ1) is 13.3. The van der Waals surface area contributed by atoms with Gasteiger partial charge in [0.05, 0.1) is 18.1 Å². The number of hydrogen-bond acceptors (Lipinski definition) is 8. The molecule has 4 rings (SSSR count). The quantitative estimate of drug-likeness (QED) is 0.844. The molecule has 1 saturated carbocycles. The lowest BCUT2D eigenvalue weighted by Gasteiger charge is -2.38. The third-order valence-corrected chi connectivity index (χ3v) is 5.28. The van der Waals surface area contributed by atoms with E-state index in [2.05, 4.69) is 25.3 Å². The van der Waals surface area contributed by atoms with Crippen LogP contribution in [0.1, 0.15) is 25.5 Å². The van der Waals surface area contributed by atoms with Crippen LogP contribution in [0.25, 0.3) is 0 Å². The molecule has 1 fully saturated rings. The van der Waals surface area contributed by atoms with Gasteiger partial charge < -0.3 is 19.9 Å². The van der Waals surface area contributed by atoms with E-state index in [0.717, 1.165) is 42.4 Å². The molecule has 2 aromatic rings. The minimum atomic E-state index is -0.493.